The van der Waals surface area contributed by atoms with Gasteiger partial charge >= 0.3 is 0 Å². The Balaban J connectivity index is 1.31. The number of hydrogen-bond acceptors (Lipinski definition) is 3. The summed E-state index contributed by atoms with van der Waals surface area (Å²) in [6.45, 7) is 6.09. The first-order valence-electron chi connectivity index (χ1n) is 11.0. The molecule has 0 spiro atoms. The van der Waals surface area contributed by atoms with Crippen molar-refractivity contribution in [3.8, 4) is 11.8 Å². The lowest BCUT2D eigenvalue weighted by Crippen LogP contribution is -3.28. The van der Waals surface area contributed by atoms with Gasteiger partial charge < -0.3 is 19.4 Å². The Bertz CT molecular complexity index is 966. The molecule has 2 N–H and O–H groups in total. The summed E-state index contributed by atoms with van der Waals surface area (Å²) in [5.74, 6) is 0.456. The number of anilines is 1. The molecular weight excluding hydrogens is 395 g/mol. The molecule has 0 atom stereocenters. The molecule has 0 saturated carbocycles. The average molecular weight is 425 g/mol. The molecule has 1 fully saturated rings. The third kappa shape index (κ3) is 5.22. The molecule has 0 bridgehead atoms. The molecular formula is C24H29FN4O2+2. The van der Waals surface area contributed by atoms with E-state index in [1.165, 1.54) is 31.9 Å². The van der Waals surface area contributed by atoms with Crippen molar-refractivity contribution in [2.24, 2.45) is 0 Å². The number of nitrogens with zero attached hydrogens (tertiary/aromatic N) is 2. The molecule has 0 aliphatic carbocycles. The molecule has 0 unspecified atom stereocenters. The molecule has 31 heavy (non-hydrogen) atoms. The molecule has 0 aromatic heterocycles. The molecule has 1 amide bonds. The zero-order valence-corrected chi connectivity index (χ0v) is 17.7. The Labute approximate surface area is 182 Å². The van der Waals surface area contributed by atoms with Gasteiger partial charge in [-0.25, -0.2) is 4.39 Å². The van der Waals surface area contributed by atoms with Crippen LogP contribution in [-0.2, 0) is 17.8 Å². The number of para-hydroxylation sites is 1. The second kappa shape index (κ2) is 9.90. The van der Waals surface area contributed by atoms with Crippen molar-refractivity contribution in [3.05, 3.63) is 59.4 Å². The lowest BCUT2D eigenvalue weighted by Gasteiger charge is -2.31. The maximum Gasteiger partial charge on any atom is 0.282 e. The van der Waals surface area contributed by atoms with Crippen molar-refractivity contribution in [3.63, 3.8) is 0 Å². The summed E-state index contributed by atoms with van der Waals surface area (Å²) < 4.78 is 19.8. The van der Waals surface area contributed by atoms with Crippen molar-refractivity contribution < 1.29 is 23.7 Å². The third-order valence-electron chi connectivity index (χ3n) is 6.16. The summed E-state index contributed by atoms with van der Waals surface area (Å²) in [5, 5.41) is 8.94. The van der Waals surface area contributed by atoms with Gasteiger partial charge in [0.05, 0.1) is 24.8 Å². The minimum absolute atomic E-state index is 0.127. The fourth-order valence-electron chi connectivity index (χ4n) is 4.47. The minimum Gasteiger partial charge on any atom is -0.493 e. The summed E-state index contributed by atoms with van der Waals surface area (Å²) in [6.07, 6.45) is 1.17. The highest BCUT2D eigenvalue weighted by Crippen LogP contribution is 2.25. The molecule has 2 aromatic carbocycles. The quantitative estimate of drug-likeness (QED) is 0.658. The fraction of sp³-hybridized carbons (Fsp3) is 0.417. The Morgan fingerprint density at radius 2 is 1.90 bits per heavy atom. The normalized spacial score (nSPS) is 19.9. The van der Waals surface area contributed by atoms with Crippen molar-refractivity contribution in [1.29, 1.82) is 5.26 Å². The standard InChI is InChI=1S/C24H27FN4O2/c25-21-4-1-2-5-22(21)29(10-3-9-26)24(30)18-28-13-11-27(12-14-28)17-19-6-7-23-20(16-19)8-15-31-23/h1-2,4-7,16H,3,8,10-15,17-18H2/p+2. The molecule has 2 heterocycles. The first-order chi connectivity index (χ1) is 15.1. The minimum atomic E-state index is -0.433. The van der Waals surface area contributed by atoms with E-state index in [-0.39, 0.29) is 24.6 Å². The molecule has 2 aliphatic heterocycles. The van der Waals surface area contributed by atoms with E-state index in [1.807, 2.05) is 0 Å². The topological polar surface area (TPSA) is 62.2 Å². The first-order valence-corrected chi connectivity index (χ1v) is 11.0. The Kier molecular flexibility index (Phi) is 6.80. The molecule has 0 radical (unpaired) electrons. The SMILES string of the molecule is N#CCCN(C(=O)C[NH+]1CC[NH+](Cc2ccc3c(c2)CCO3)CC1)c1ccccc1F. The predicted octanol–water partition coefficient (Wildman–Crippen LogP) is -0.00912. The van der Waals surface area contributed by atoms with Crippen molar-refractivity contribution >= 4 is 11.6 Å². The van der Waals surface area contributed by atoms with E-state index >= 15 is 0 Å². The highest BCUT2D eigenvalue weighted by atomic mass is 19.1. The second-order valence-electron chi connectivity index (χ2n) is 8.30. The average Bonchev–Trinajstić information content (AvgIpc) is 3.24. The van der Waals surface area contributed by atoms with Crippen LogP contribution in [0.4, 0.5) is 10.1 Å². The van der Waals surface area contributed by atoms with E-state index < -0.39 is 5.82 Å². The van der Waals surface area contributed by atoms with E-state index in [0.717, 1.165) is 51.5 Å². The van der Waals surface area contributed by atoms with E-state index in [9.17, 15) is 9.18 Å². The Hall–Kier alpha value is -2.95. The van der Waals surface area contributed by atoms with Gasteiger partial charge in [-0.05, 0) is 35.9 Å². The number of piperazine rings is 1. The van der Waals surface area contributed by atoms with Crippen molar-refractivity contribution in [2.75, 3.05) is 50.8 Å². The molecule has 6 nitrogen and oxygen atoms in total. The lowest BCUT2D eigenvalue weighted by molar-refractivity contribution is -1.02. The van der Waals surface area contributed by atoms with Gasteiger partial charge in [-0.15, -0.1) is 0 Å². The second-order valence-corrected chi connectivity index (χ2v) is 8.30. The van der Waals surface area contributed by atoms with Gasteiger partial charge in [0, 0.05) is 18.5 Å². The van der Waals surface area contributed by atoms with Gasteiger partial charge in [-0.2, -0.15) is 5.26 Å². The van der Waals surface area contributed by atoms with Crippen LogP contribution < -0.4 is 19.4 Å². The number of benzene rings is 2. The third-order valence-corrected chi connectivity index (χ3v) is 6.16. The molecule has 7 heteroatoms. The number of fused-ring (bicyclic) bond motifs is 1. The highest BCUT2D eigenvalue weighted by molar-refractivity contribution is 5.94. The van der Waals surface area contributed by atoms with Gasteiger partial charge in [0.15, 0.2) is 6.54 Å². The number of amides is 1. The van der Waals surface area contributed by atoms with Crippen LogP contribution in [0.2, 0.25) is 0 Å². The van der Waals surface area contributed by atoms with Gasteiger partial charge in [0.25, 0.3) is 5.91 Å². The molecule has 2 aliphatic rings. The number of halogens is 1. The van der Waals surface area contributed by atoms with Crippen LogP contribution in [-0.4, -0.2) is 51.8 Å². The van der Waals surface area contributed by atoms with Crippen LogP contribution in [0.3, 0.4) is 0 Å². The summed E-state index contributed by atoms with van der Waals surface area (Å²) in [6, 6.07) is 14.8. The smallest absolute Gasteiger partial charge is 0.282 e. The number of nitrogens with one attached hydrogen (secondary N) is 2. The molecule has 2 aromatic rings. The number of ether oxygens (including phenoxy) is 1. The van der Waals surface area contributed by atoms with Crippen molar-refractivity contribution in [1.82, 2.24) is 0 Å². The van der Waals surface area contributed by atoms with Gasteiger partial charge in [0.1, 0.15) is 44.3 Å². The number of nitriles is 1. The molecule has 1 saturated heterocycles. The highest BCUT2D eigenvalue weighted by Gasteiger charge is 2.28. The van der Waals surface area contributed by atoms with Crippen molar-refractivity contribution in [2.45, 2.75) is 19.4 Å². The van der Waals surface area contributed by atoms with Crippen LogP contribution in [0, 0.1) is 17.1 Å². The summed E-state index contributed by atoms with van der Waals surface area (Å²) >= 11 is 0. The zero-order valence-electron chi connectivity index (χ0n) is 17.7. The monoisotopic (exact) mass is 424 g/mol. The van der Waals surface area contributed by atoms with E-state index in [1.54, 1.807) is 18.2 Å². The zero-order chi connectivity index (χ0) is 21.6. The maximum absolute atomic E-state index is 14.3. The summed E-state index contributed by atoms with van der Waals surface area (Å²) in [7, 11) is 0. The first kappa shape index (κ1) is 21.3. The van der Waals surface area contributed by atoms with E-state index in [2.05, 4.69) is 24.3 Å². The maximum atomic E-state index is 14.3. The van der Waals surface area contributed by atoms with Gasteiger partial charge in [-0.3, -0.25) is 4.79 Å². The van der Waals surface area contributed by atoms with Crippen LogP contribution in [0.15, 0.2) is 42.5 Å². The summed E-state index contributed by atoms with van der Waals surface area (Å²) in [5.41, 5.74) is 2.89. The van der Waals surface area contributed by atoms with E-state index in [0.29, 0.717) is 6.54 Å². The summed E-state index contributed by atoms with van der Waals surface area (Å²) in [4.78, 5) is 17.1. The Morgan fingerprint density at radius 1 is 1.13 bits per heavy atom. The molecule has 4 rings (SSSR count). The van der Waals surface area contributed by atoms with Crippen LogP contribution in [0.1, 0.15) is 17.5 Å². The number of rotatable bonds is 7. The van der Waals surface area contributed by atoms with Crippen LogP contribution in [0.5, 0.6) is 5.75 Å². The van der Waals surface area contributed by atoms with E-state index in [4.69, 9.17) is 10.00 Å². The van der Waals surface area contributed by atoms with Crippen LogP contribution in [0.25, 0.3) is 0 Å². The largest absolute Gasteiger partial charge is 0.493 e. The number of hydrogen-bond donors (Lipinski definition) is 2. The number of quaternary nitrogens is 2. The predicted molar refractivity (Wildman–Crippen MR) is 115 cm³/mol. The molecule has 162 valence electrons. The fourth-order valence-corrected chi connectivity index (χ4v) is 4.47. The lowest BCUT2D eigenvalue weighted by atomic mass is 10.1. The van der Waals surface area contributed by atoms with Gasteiger partial charge in [0.2, 0.25) is 0 Å². The van der Waals surface area contributed by atoms with Gasteiger partial charge in [-0.1, -0.05) is 12.1 Å². The number of carbonyl (C=O) groups is 1. The number of carbonyl (C=O) groups excluding carboxylic acids is 1. The van der Waals surface area contributed by atoms with Crippen LogP contribution >= 0.6 is 0 Å². The Morgan fingerprint density at radius 3 is 2.68 bits per heavy atom.